The average molecular weight is 279 g/mol. The van der Waals surface area contributed by atoms with Crippen LogP contribution in [-0.4, -0.2) is 25.8 Å². The first kappa shape index (κ1) is 13.4. The quantitative estimate of drug-likeness (QED) is 0.890. The molecule has 100 valence electrons. The fraction of sp³-hybridized carbons (Fsp3) is 0.250. The number of benzene rings is 1. The molecule has 2 rings (SSSR count). The van der Waals surface area contributed by atoms with Crippen molar-refractivity contribution in [3.05, 3.63) is 39.8 Å². The molecule has 0 spiro atoms. The van der Waals surface area contributed by atoms with Crippen LogP contribution in [0.4, 0.5) is 0 Å². The van der Waals surface area contributed by atoms with E-state index in [1.807, 2.05) is 19.9 Å². The Balaban J connectivity index is 2.49. The molecular formula is C12H13N3O3S. The number of nitrogens with zero attached hydrogens (tertiary/aromatic N) is 2. The van der Waals surface area contributed by atoms with Crippen molar-refractivity contribution in [2.24, 2.45) is 0 Å². The third kappa shape index (κ3) is 2.55. The van der Waals surface area contributed by atoms with Gasteiger partial charge in [0.15, 0.2) is 5.16 Å². The van der Waals surface area contributed by atoms with Crippen molar-refractivity contribution in [3.63, 3.8) is 0 Å². The standard InChI is InChI=1S/C12H13N3O3S/c1-3-15-11(18)13-14-12(15)19-9-7(2)5-4-6-8(9)10(16)17/h4-6H,3H2,1-2H3,(H,13,18)(H,16,17). The maximum atomic E-state index is 11.5. The van der Waals surface area contributed by atoms with Crippen LogP contribution in [-0.2, 0) is 6.54 Å². The molecule has 1 heterocycles. The predicted molar refractivity (Wildman–Crippen MR) is 70.8 cm³/mol. The number of aromatic nitrogens is 3. The number of aromatic carboxylic acids is 1. The second kappa shape index (κ2) is 5.31. The number of hydrogen-bond acceptors (Lipinski definition) is 4. The van der Waals surface area contributed by atoms with Gasteiger partial charge in [-0.05, 0) is 37.2 Å². The molecular weight excluding hydrogens is 266 g/mol. The molecule has 2 aromatic rings. The first-order chi connectivity index (χ1) is 9.04. The molecule has 19 heavy (non-hydrogen) atoms. The number of aryl methyl sites for hydroxylation is 1. The largest absolute Gasteiger partial charge is 0.478 e. The molecule has 0 fully saturated rings. The lowest BCUT2D eigenvalue weighted by atomic mass is 10.1. The molecule has 0 unspecified atom stereocenters. The number of nitrogens with one attached hydrogen (secondary N) is 1. The van der Waals surface area contributed by atoms with Crippen LogP contribution in [0.25, 0.3) is 0 Å². The van der Waals surface area contributed by atoms with E-state index in [2.05, 4.69) is 10.2 Å². The van der Waals surface area contributed by atoms with Crippen molar-refractivity contribution in [2.75, 3.05) is 0 Å². The first-order valence-corrected chi connectivity index (χ1v) is 6.52. The van der Waals surface area contributed by atoms with Gasteiger partial charge in [-0.3, -0.25) is 4.57 Å². The number of carboxylic acids is 1. The van der Waals surface area contributed by atoms with E-state index in [4.69, 9.17) is 0 Å². The van der Waals surface area contributed by atoms with Crippen LogP contribution >= 0.6 is 11.8 Å². The fourth-order valence-electron chi connectivity index (χ4n) is 1.71. The molecule has 0 amide bonds. The fourth-order valence-corrected chi connectivity index (χ4v) is 2.80. The summed E-state index contributed by atoms with van der Waals surface area (Å²) in [4.78, 5) is 23.3. The molecule has 0 bridgehead atoms. The smallest absolute Gasteiger partial charge is 0.343 e. The van der Waals surface area contributed by atoms with Crippen LogP contribution in [0, 0.1) is 6.92 Å². The van der Waals surface area contributed by atoms with E-state index in [0.717, 1.165) is 5.56 Å². The van der Waals surface area contributed by atoms with Gasteiger partial charge in [-0.15, -0.1) is 5.10 Å². The van der Waals surface area contributed by atoms with Gasteiger partial charge >= 0.3 is 11.7 Å². The molecule has 7 heteroatoms. The number of carboxylic acid groups (broad SMARTS) is 1. The van der Waals surface area contributed by atoms with Crippen LogP contribution < -0.4 is 5.69 Å². The highest BCUT2D eigenvalue weighted by Crippen LogP contribution is 2.31. The van der Waals surface area contributed by atoms with Crippen molar-refractivity contribution in [3.8, 4) is 0 Å². The summed E-state index contributed by atoms with van der Waals surface area (Å²) in [5, 5.41) is 15.9. The van der Waals surface area contributed by atoms with Crippen LogP contribution in [0.1, 0.15) is 22.8 Å². The second-order valence-electron chi connectivity index (χ2n) is 3.91. The Morgan fingerprint density at radius 2 is 2.26 bits per heavy atom. The minimum absolute atomic E-state index is 0.211. The minimum atomic E-state index is -0.993. The molecule has 2 N–H and O–H groups in total. The lowest BCUT2D eigenvalue weighted by molar-refractivity contribution is 0.0693. The summed E-state index contributed by atoms with van der Waals surface area (Å²) in [5.74, 6) is -0.993. The van der Waals surface area contributed by atoms with Crippen LogP contribution in [0.5, 0.6) is 0 Å². The predicted octanol–water partition coefficient (Wildman–Crippen LogP) is 1.75. The van der Waals surface area contributed by atoms with E-state index >= 15 is 0 Å². The molecule has 0 atom stereocenters. The molecule has 1 aromatic carbocycles. The monoisotopic (exact) mass is 279 g/mol. The Bertz CT molecular complexity index is 675. The summed E-state index contributed by atoms with van der Waals surface area (Å²) < 4.78 is 1.46. The topological polar surface area (TPSA) is 88.0 Å². The van der Waals surface area contributed by atoms with Crippen molar-refractivity contribution in [1.82, 2.24) is 14.8 Å². The van der Waals surface area contributed by atoms with Gasteiger partial charge in [-0.25, -0.2) is 14.7 Å². The summed E-state index contributed by atoms with van der Waals surface area (Å²) in [5.41, 5.74) is 0.751. The molecule has 0 aliphatic rings. The molecule has 0 aliphatic heterocycles. The summed E-state index contributed by atoms with van der Waals surface area (Å²) in [6, 6.07) is 5.06. The Kier molecular flexibility index (Phi) is 3.75. The molecule has 0 aliphatic carbocycles. The summed E-state index contributed by atoms with van der Waals surface area (Å²) in [6.45, 7) is 4.14. The zero-order chi connectivity index (χ0) is 14.0. The maximum absolute atomic E-state index is 11.5. The second-order valence-corrected chi connectivity index (χ2v) is 4.89. The van der Waals surface area contributed by atoms with E-state index in [0.29, 0.717) is 16.6 Å². The van der Waals surface area contributed by atoms with Crippen molar-refractivity contribution in [1.29, 1.82) is 0 Å². The van der Waals surface area contributed by atoms with Crippen molar-refractivity contribution < 1.29 is 9.90 Å². The highest BCUT2D eigenvalue weighted by atomic mass is 32.2. The molecule has 6 nitrogen and oxygen atoms in total. The maximum Gasteiger partial charge on any atom is 0.343 e. The van der Waals surface area contributed by atoms with E-state index in [1.165, 1.54) is 16.3 Å². The third-order valence-corrected chi connectivity index (χ3v) is 3.92. The summed E-state index contributed by atoms with van der Waals surface area (Å²) >= 11 is 1.18. The third-order valence-electron chi connectivity index (χ3n) is 2.68. The number of H-pyrrole nitrogens is 1. The first-order valence-electron chi connectivity index (χ1n) is 5.70. The Morgan fingerprint density at radius 1 is 1.53 bits per heavy atom. The van der Waals surface area contributed by atoms with E-state index in [-0.39, 0.29) is 11.3 Å². The minimum Gasteiger partial charge on any atom is -0.478 e. The Morgan fingerprint density at radius 3 is 2.89 bits per heavy atom. The highest BCUT2D eigenvalue weighted by molar-refractivity contribution is 7.99. The van der Waals surface area contributed by atoms with E-state index in [9.17, 15) is 14.7 Å². The van der Waals surface area contributed by atoms with Gasteiger partial charge in [-0.2, -0.15) is 0 Å². The van der Waals surface area contributed by atoms with Crippen molar-refractivity contribution >= 4 is 17.7 Å². The number of rotatable bonds is 4. The lowest BCUT2D eigenvalue weighted by Crippen LogP contribution is -2.16. The summed E-state index contributed by atoms with van der Waals surface area (Å²) in [7, 11) is 0. The molecule has 0 radical (unpaired) electrons. The molecule has 0 saturated carbocycles. The van der Waals surface area contributed by atoms with E-state index in [1.54, 1.807) is 12.1 Å². The van der Waals surface area contributed by atoms with Gasteiger partial charge in [0, 0.05) is 11.4 Å². The zero-order valence-corrected chi connectivity index (χ0v) is 11.3. The van der Waals surface area contributed by atoms with Gasteiger partial charge in [-0.1, -0.05) is 12.1 Å². The van der Waals surface area contributed by atoms with Crippen LogP contribution in [0.15, 0.2) is 33.0 Å². The average Bonchev–Trinajstić information content (AvgIpc) is 2.72. The number of carbonyl (C=O) groups is 1. The Labute approximate surface area is 113 Å². The summed E-state index contributed by atoms with van der Waals surface area (Å²) in [6.07, 6.45) is 0. The van der Waals surface area contributed by atoms with Gasteiger partial charge < -0.3 is 5.11 Å². The van der Waals surface area contributed by atoms with Crippen LogP contribution in [0.2, 0.25) is 0 Å². The lowest BCUT2D eigenvalue weighted by Gasteiger charge is -2.08. The van der Waals surface area contributed by atoms with Gasteiger partial charge in [0.2, 0.25) is 0 Å². The number of hydrogen-bond donors (Lipinski definition) is 2. The van der Waals surface area contributed by atoms with Gasteiger partial charge in [0.05, 0.1) is 5.56 Å². The zero-order valence-electron chi connectivity index (χ0n) is 10.5. The van der Waals surface area contributed by atoms with Gasteiger partial charge in [0.1, 0.15) is 0 Å². The van der Waals surface area contributed by atoms with Gasteiger partial charge in [0.25, 0.3) is 0 Å². The molecule has 0 saturated heterocycles. The SMILES string of the molecule is CCn1c(Sc2c(C)cccc2C(=O)O)n[nH]c1=O. The highest BCUT2D eigenvalue weighted by Gasteiger charge is 2.16. The van der Waals surface area contributed by atoms with Crippen molar-refractivity contribution in [2.45, 2.75) is 30.4 Å². The van der Waals surface area contributed by atoms with E-state index < -0.39 is 5.97 Å². The molecule has 1 aromatic heterocycles. The Hall–Kier alpha value is -2.02. The van der Waals surface area contributed by atoms with Crippen LogP contribution in [0.3, 0.4) is 0 Å². The number of aromatic amines is 1. The normalized spacial score (nSPS) is 10.6.